The average Bonchev–Trinajstić information content (AvgIpc) is 3.48. The molecule has 174 valence electrons. The Kier molecular flexibility index (Phi) is 6.19. The fourth-order valence-corrected chi connectivity index (χ4v) is 4.35. The van der Waals surface area contributed by atoms with E-state index in [0.717, 1.165) is 4.47 Å². The average molecular weight is 550 g/mol. The Morgan fingerprint density at radius 1 is 1.06 bits per heavy atom. The molecule has 0 aliphatic heterocycles. The van der Waals surface area contributed by atoms with Crippen LogP contribution in [0.4, 0.5) is 5.69 Å². The lowest BCUT2D eigenvalue weighted by atomic mass is 10.0. The summed E-state index contributed by atoms with van der Waals surface area (Å²) in [6.07, 6.45) is 3.52. The summed E-state index contributed by atoms with van der Waals surface area (Å²) in [4.78, 5) is 30.6. The number of aryl methyl sites for hydroxylation is 1. The molecule has 0 saturated heterocycles. The molecular formula is C25H18BrClN6O2. The van der Waals surface area contributed by atoms with Gasteiger partial charge in [-0.05, 0) is 47.1 Å². The lowest BCUT2D eigenvalue weighted by Gasteiger charge is -2.10. The van der Waals surface area contributed by atoms with E-state index in [1.165, 1.54) is 6.07 Å². The third-order valence-electron chi connectivity index (χ3n) is 5.38. The molecule has 0 aliphatic carbocycles. The highest BCUT2D eigenvalue weighted by molar-refractivity contribution is 9.10. The maximum absolute atomic E-state index is 13.2. The molecule has 0 unspecified atom stereocenters. The van der Waals surface area contributed by atoms with Crippen LogP contribution in [0.1, 0.15) is 33.3 Å². The zero-order valence-electron chi connectivity index (χ0n) is 18.4. The summed E-state index contributed by atoms with van der Waals surface area (Å²) in [5.41, 5.74) is 3.11. The first kappa shape index (κ1) is 22.9. The number of rotatable bonds is 6. The van der Waals surface area contributed by atoms with Crippen molar-refractivity contribution in [1.29, 1.82) is 0 Å². The van der Waals surface area contributed by atoms with Crippen molar-refractivity contribution < 1.29 is 9.59 Å². The second-order valence-corrected chi connectivity index (χ2v) is 8.94. The Balaban J connectivity index is 1.49. The zero-order valence-corrected chi connectivity index (χ0v) is 20.8. The Bertz CT molecular complexity index is 1580. The maximum atomic E-state index is 13.2. The molecule has 3 heterocycles. The predicted octanol–water partition coefficient (Wildman–Crippen LogP) is 5.51. The molecule has 0 spiro atoms. The summed E-state index contributed by atoms with van der Waals surface area (Å²) in [6.45, 7) is 2.71. The second-order valence-electron chi connectivity index (χ2n) is 7.65. The molecule has 2 aromatic carbocycles. The third-order valence-corrected chi connectivity index (χ3v) is 6.20. The summed E-state index contributed by atoms with van der Waals surface area (Å²) >= 11 is 9.70. The number of amides is 1. The molecule has 1 N–H and O–H groups in total. The molecule has 0 radical (unpaired) electrons. The van der Waals surface area contributed by atoms with Crippen LogP contribution in [0.15, 0.2) is 77.5 Å². The van der Waals surface area contributed by atoms with Gasteiger partial charge in [-0.25, -0.2) is 9.50 Å². The van der Waals surface area contributed by atoms with Gasteiger partial charge in [-0.2, -0.15) is 10.2 Å². The minimum atomic E-state index is -0.482. The monoisotopic (exact) mass is 548 g/mol. The van der Waals surface area contributed by atoms with Crippen LogP contribution < -0.4 is 5.32 Å². The molecule has 0 saturated carbocycles. The number of aromatic nitrogens is 5. The maximum Gasteiger partial charge on any atom is 0.276 e. The van der Waals surface area contributed by atoms with Crippen LogP contribution in [-0.4, -0.2) is 36.1 Å². The smallest absolute Gasteiger partial charge is 0.276 e. The third kappa shape index (κ3) is 4.48. The van der Waals surface area contributed by atoms with Gasteiger partial charge in [-0.15, -0.1) is 0 Å². The van der Waals surface area contributed by atoms with Crippen LogP contribution in [0.2, 0.25) is 5.02 Å². The topological polar surface area (TPSA) is 94.2 Å². The van der Waals surface area contributed by atoms with Gasteiger partial charge in [0, 0.05) is 41.2 Å². The van der Waals surface area contributed by atoms with E-state index < -0.39 is 5.91 Å². The van der Waals surface area contributed by atoms with E-state index in [1.807, 2.05) is 19.2 Å². The van der Waals surface area contributed by atoms with Crippen LogP contribution >= 0.6 is 27.5 Å². The minimum absolute atomic E-state index is 0.143. The van der Waals surface area contributed by atoms with Gasteiger partial charge in [0.05, 0.1) is 15.9 Å². The van der Waals surface area contributed by atoms with Crippen molar-refractivity contribution in [2.24, 2.45) is 0 Å². The first-order valence-electron chi connectivity index (χ1n) is 10.7. The summed E-state index contributed by atoms with van der Waals surface area (Å²) in [6, 6.07) is 16.9. The Morgan fingerprint density at radius 3 is 2.60 bits per heavy atom. The highest BCUT2D eigenvalue weighted by Crippen LogP contribution is 2.28. The highest BCUT2D eigenvalue weighted by atomic mass is 79.9. The van der Waals surface area contributed by atoms with Crippen molar-refractivity contribution in [3.05, 3.63) is 99.4 Å². The van der Waals surface area contributed by atoms with Crippen LogP contribution in [0.3, 0.4) is 0 Å². The summed E-state index contributed by atoms with van der Waals surface area (Å²) in [7, 11) is 0. The first-order chi connectivity index (χ1) is 16.9. The van der Waals surface area contributed by atoms with Crippen molar-refractivity contribution in [2.75, 3.05) is 5.32 Å². The van der Waals surface area contributed by atoms with Crippen molar-refractivity contribution in [3.63, 3.8) is 0 Å². The quantitative estimate of drug-likeness (QED) is 0.282. The fourth-order valence-electron chi connectivity index (χ4n) is 3.66. The second kappa shape index (κ2) is 9.44. The molecule has 5 aromatic rings. The number of ketones is 1. The fraction of sp³-hybridized carbons (Fsp3) is 0.0800. The Hall–Kier alpha value is -3.82. The molecule has 5 rings (SSSR count). The number of nitrogens with one attached hydrogen (secondary N) is 1. The largest absolute Gasteiger partial charge is 0.320 e. The number of carbonyl (C=O) groups excluding carboxylic acids is 2. The first-order valence-corrected chi connectivity index (χ1v) is 11.9. The van der Waals surface area contributed by atoms with E-state index in [4.69, 9.17) is 11.6 Å². The molecule has 8 nitrogen and oxygen atoms in total. The molecule has 0 bridgehead atoms. The number of hydrogen-bond donors (Lipinski definition) is 1. The van der Waals surface area contributed by atoms with Crippen molar-refractivity contribution in [3.8, 4) is 11.4 Å². The van der Waals surface area contributed by atoms with Gasteiger partial charge in [0.15, 0.2) is 17.1 Å². The zero-order chi connectivity index (χ0) is 24.5. The number of nitrogens with zero attached hydrogens (tertiary/aromatic N) is 5. The van der Waals surface area contributed by atoms with Gasteiger partial charge in [-0.1, -0.05) is 41.9 Å². The summed E-state index contributed by atoms with van der Waals surface area (Å²) < 4.78 is 4.17. The lowest BCUT2D eigenvalue weighted by Crippen LogP contribution is -2.16. The molecule has 1 amide bonds. The van der Waals surface area contributed by atoms with E-state index in [-0.39, 0.29) is 17.0 Å². The van der Waals surface area contributed by atoms with Gasteiger partial charge in [-0.3, -0.25) is 14.3 Å². The summed E-state index contributed by atoms with van der Waals surface area (Å²) in [5, 5.41) is 12.2. The molecule has 10 heteroatoms. The molecule has 35 heavy (non-hydrogen) atoms. The van der Waals surface area contributed by atoms with E-state index in [1.54, 1.807) is 63.9 Å². The molecule has 3 aromatic heterocycles. The van der Waals surface area contributed by atoms with Gasteiger partial charge >= 0.3 is 0 Å². The van der Waals surface area contributed by atoms with Gasteiger partial charge in [0.25, 0.3) is 5.91 Å². The predicted molar refractivity (Wildman–Crippen MR) is 137 cm³/mol. The number of hydrogen-bond acceptors (Lipinski definition) is 5. The number of carbonyl (C=O) groups is 2. The molecular weight excluding hydrogens is 532 g/mol. The number of halogens is 2. The van der Waals surface area contributed by atoms with Crippen molar-refractivity contribution in [1.82, 2.24) is 24.4 Å². The lowest BCUT2D eigenvalue weighted by molar-refractivity contribution is 0.102. The molecule has 0 fully saturated rings. The normalized spacial score (nSPS) is 11.1. The number of fused-ring (bicyclic) bond motifs is 1. The van der Waals surface area contributed by atoms with Crippen LogP contribution in [0, 0.1) is 0 Å². The van der Waals surface area contributed by atoms with Crippen LogP contribution in [0.25, 0.3) is 17.0 Å². The van der Waals surface area contributed by atoms with Crippen LogP contribution in [-0.2, 0) is 6.54 Å². The number of anilines is 1. The summed E-state index contributed by atoms with van der Waals surface area (Å²) in [5.74, 6) is -0.734. The van der Waals surface area contributed by atoms with Gasteiger partial charge in [0.2, 0.25) is 0 Å². The van der Waals surface area contributed by atoms with E-state index in [9.17, 15) is 9.59 Å². The minimum Gasteiger partial charge on any atom is -0.320 e. The van der Waals surface area contributed by atoms with Crippen molar-refractivity contribution in [2.45, 2.75) is 13.5 Å². The number of benzene rings is 2. The van der Waals surface area contributed by atoms with Gasteiger partial charge < -0.3 is 5.32 Å². The Morgan fingerprint density at radius 2 is 1.86 bits per heavy atom. The highest BCUT2D eigenvalue weighted by Gasteiger charge is 2.20. The SMILES string of the molecule is CCn1cc(Br)c(-c2ccnc3cc(C(=O)Nc4ccc(Cl)cc4C(=O)c4ccccc4)nn23)n1. The van der Waals surface area contributed by atoms with E-state index >= 15 is 0 Å². The van der Waals surface area contributed by atoms with Crippen molar-refractivity contribution >= 4 is 50.6 Å². The van der Waals surface area contributed by atoms with E-state index in [2.05, 4.69) is 36.4 Å². The molecule has 0 atom stereocenters. The molecule has 0 aliphatic rings. The Labute approximate surface area is 213 Å². The standard InChI is InChI=1S/C25H18BrClN6O2/c1-2-32-14-18(26)23(31-32)21-10-11-28-22-13-20(30-33(21)22)25(35)29-19-9-8-16(27)12-17(19)24(34)15-6-4-3-5-7-15/h3-14H,2H2,1H3,(H,29,35). The van der Waals surface area contributed by atoms with E-state index in [0.29, 0.717) is 39.9 Å². The van der Waals surface area contributed by atoms with Gasteiger partial charge in [0.1, 0.15) is 5.69 Å². The van der Waals surface area contributed by atoms with Crippen LogP contribution in [0.5, 0.6) is 0 Å².